The summed E-state index contributed by atoms with van der Waals surface area (Å²) in [6.07, 6.45) is 6.61. The van der Waals surface area contributed by atoms with Crippen molar-refractivity contribution in [2.75, 3.05) is 26.9 Å². The molecule has 1 aliphatic heterocycles. The van der Waals surface area contributed by atoms with E-state index in [2.05, 4.69) is 31.3 Å². The van der Waals surface area contributed by atoms with Gasteiger partial charge >= 0.3 is 0 Å². The minimum atomic E-state index is 0.357. The summed E-state index contributed by atoms with van der Waals surface area (Å²) in [5.74, 6) is 1.09. The number of methoxy groups -OCH3 is 1. The Labute approximate surface area is 141 Å². The minimum Gasteiger partial charge on any atom is -0.383 e. The molecule has 1 fully saturated rings. The van der Waals surface area contributed by atoms with Gasteiger partial charge in [-0.05, 0) is 35.2 Å². The highest BCUT2D eigenvalue weighted by Gasteiger charge is 2.20. The van der Waals surface area contributed by atoms with Crippen LogP contribution in [0.1, 0.15) is 24.2 Å². The van der Waals surface area contributed by atoms with Crippen molar-refractivity contribution in [1.29, 1.82) is 0 Å². The van der Waals surface area contributed by atoms with Gasteiger partial charge in [0.1, 0.15) is 5.82 Å². The second-order valence-electron chi connectivity index (χ2n) is 5.97. The van der Waals surface area contributed by atoms with Crippen LogP contribution >= 0.6 is 11.3 Å². The van der Waals surface area contributed by atoms with Crippen molar-refractivity contribution in [2.24, 2.45) is 0 Å². The highest BCUT2D eigenvalue weighted by Crippen LogP contribution is 2.18. The number of ether oxygens (including phenoxy) is 2. The molecular weight excluding hydrogens is 310 g/mol. The number of imidazole rings is 1. The summed E-state index contributed by atoms with van der Waals surface area (Å²) in [4.78, 5) is 6.99. The Balaban J connectivity index is 1.65. The topological polar surface area (TPSA) is 39.5 Å². The van der Waals surface area contributed by atoms with Crippen molar-refractivity contribution < 1.29 is 9.47 Å². The van der Waals surface area contributed by atoms with Crippen molar-refractivity contribution in [1.82, 2.24) is 14.5 Å². The molecule has 2 aromatic rings. The molecule has 1 atom stereocenters. The van der Waals surface area contributed by atoms with E-state index >= 15 is 0 Å². The Hall–Kier alpha value is -1.21. The van der Waals surface area contributed by atoms with Crippen molar-refractivity contribution in [2.45, 2.75) is 38.6 Å². The first kappa shape index (κ1) is 16.6. The Kier molecular flexibility index (Phi) is 6.21. The lowest BCUT2D eigenvalue weighted by molar-refractivity contribution is 0.0664. The molecule has 1 saturated heterocycles. The van der Waals surface area contributed by atoms with Gasteiger partial charge in [-0.1, -0.05) is 0 Å². The molecule has 3 heterocycles. The fourth-order valence-corrected chi connectivity index (χ4v) is 3.65. The molecule has 0 aliphatic carbocycles. The van der Waals surface area contributed by atoms with Crippen molar-refractivity contribution in [3.8, 4) is 0 Å². The van der Waals surface area contributed by atoms with Crippen LogP contribution in [0, 0.1) is 0 Å². The van der Waals surface area contributed by atoms with Crippen molar-refractivity contribution >= 4 is 11.3 Å². The molecule has 0 radical (unpaired) electrons. The van der Waals surface area contributed by atoms with Gasteiger partial charge in [-0.15, -0.1) is 0 Å². The van der Waals surface area contributed by atoms with E-state index in [1.807, 2.05) is 12.4 Å². The van der Waals surface area contributed by atoms with Gasteiger partial charge in [0.15, 0.2) is 0 Å². The number of rotatable bonds is 9. The maximum absolute atomic E-state index is 5.83. The fraction of sp³-hybridized carbons (Fsp3) is 0.588. The van der Waals surface area contributed by atoms with Gasteiger partial charge < -0.3 is 14.0 Å². The molecule has 0 N–H and O–H groups in total. The zero-order chi connectivity index (χ0) is 15.9. The molecule has 23 heavy (non-hydrogen) atoms. The summed E-state index contributed by atoms with van der Waals surface area (Å²) in [5, 5.41) is 4.36. The molecule has 0 amide bonds. The molecule has 6 heteroatoms. The van der Waals surface area contributed by atoms with Crippen LogP contribution < -0.4 is 0 Å². The summed E-state index contributed by atoms with van der Waals surface area (Å²) < 4.78 is 13.2. The van der Waals surface area contributed by atoms with Crippen LogP contribution in [0.3, 0.4) is 0 Å². The second kappa shape index (κ2) is 8.59. The van der Waals surface area contributed by atoms with Gasteiger partial charge in [-0.3, -0.25) is 4.90 Å². The van der Waals surface area contributed by atoms with Gasteiger partial charge in [0.25, 0.3) is 0 Å². The molecule has 1 aliphatic rings. The lowest BCUT2D eigenvalue weighted by atomic mass is 10.2. The van der Waals surface area contributed by atoms with E-state index in [4.69, 9.17) is 9.47 Å². The molecule has 3 rings (SSSR count). The normalized spacial score (nSPS) is 18.1. The minimum absolute atomic E-state index is 0.357. The largest absolute Gasteiger partial charge is 0.383 e. The predicted octanol–water partition coefficient (Wildman–Crippen LogP) is 2.77. The summed E-state index contributed by atoms with van der Waals surface area (Å²) in [6, 6.07) is 2.20. The zero-order valence-electron chi connectivity index (χ0n) is 13.7. The first-order valence-corrected chi connectivity index (χ1v) is 9.13. The van der Waals surface area contributed by atoms with Gasteiger partial charge in [0.2, 0.25) is 0 Å². The van der Waals surface area contributed by atoms with E-state index in [1.54, 1.807) is 18.4 Å². The number of hydrogen-bond acceptors (Lipinski definition) is 5. The van der Waals surface area contributed by atoms with Gasteiger partial charge in [-0.2, -0.15) is 11.3 Å². The average Bonchev–Trinajstić information content (AvgIpc) is 3.28. The van der Waals surface area contributed by atoms with Crippen LogP contribution in [-0.2, 0) is 29.1 Å². The molecule has 5 nitrogen and oxygen atoms in total. The Morgan fingerprint density at radius 3 is 3.17 bits per heavy atom. The van der Waals surface area contributed by atoms with Crippen LogP contribution in [0.4, 0.5) is 0 Å². The summed E-state index contributed by atoms with van der Waals surface area (Å²) in [6.45, 7) is 5.21. The Morgan fingerprint density at radius 2 is 2.43 bits per heavy atom. The number of thiophene rings is 1. The third-order valence-corrected chi connectivity index (χ3v) is 4.91. The molecule has 0 spiro atoms. The first-order chi connectivity index (χ1) is 11.3. The molecule has 2 aromatic heterocycles. The number of hydrogen-bond donors (Lipinski definition) is 0. The van der Waals surface area contributed by atoms with E-state index in [1.165, 1.54) is 12.0 Å². The van der Waals surface area contributed by atoms with Gasteiger partial charge in [0.05, 0.1) is 19.3 Å². The zero-order valence-corrected chi connectivity index (χ0v) is 14.5. The average molecular weight is 335 g/mol. The summed E-state index contributed by atoms with van der Waals surface area (Å²) >= 11 is 1.75. The SMILES string of the molecule is COCCn1ccnc1CN(Cc1ccsc1)CC1CCCO1. The third-order valence-electron chi connectivity index (χ3n) is 4.18. The molecule has 1 unspecified atom stereocenters. The Morgan fingerprint density at radius 1 is 1.48 bits per heavy atom. The maximum atomic E-state index is 5.83. The highest BCUT2D eigenvalue weighted by molar-refractivity contribution is 7.07. The summed E-state index contributed by atoms with van der Waals surface area (Å²) in [5.41, 5.74) is 1.36. The third kappa shape index (κ3) is 4.88. The molecule has 0 aromatic carbocycles. The van der Waals surface area contributed by atoms with Crippen LogP contribution in [0.15, 0.2) is 29.2 Å². The number of aromatic nitrogens is 2. The lowest BCUT2D eigenvalue weighted by Crippen LogP contribution is -2.32. The van der Waals surface area contributed by atoms with E-state index in [-0.39, 0.29) is 0 Å². The van der Waals surface area contributed by atoms with Crippen LogP contribution in [-0.4, -0.2) is 47.4 Å². The highest BCUT2D eigenvalue weighted by atomic mass is 32.1. The molecule has 0 bridgehead atoms. The van der Waals surface area contributed by atoms with Gasteiger partial charge in [-0.25, -0.2) is 4.98 Å². The fourth-order valence-electron chi connectivity index (χ4n) is 2.99. The molecular formula is C17H25N3O2S. The second-order valence-corrected chi connectivity index (χ2v) is 6.75. The lowest BCUT2D eigenvalue weighted by Gasteiger charge is -2.25. The molecule has 0 saturated carbocycles. The van der Waals surface area contributed by atoms with E-state index in [0.29, 0.717) is 12.7 Å². The van der Waals surface area contributed by atoms with Crippen LogP contribution in [0.5, 0.6) is 0 Å². The maximum Gasteiger partial charge on any atom is 0.122 e. The predicted molar refractivity (Wildman–Crippen MR) is 91.5 cm³/mol. The Bertz CT molecular complexity index is 564. The quantitative estimate of drug-likeness (QED) is 0.706. The smallest absolute Gasteiger partial charge is 0.122 e. The number of nitrogens with zero attached hydrogens (tertiary/aromatic N) is 3. The monoisotopic (exact) mass is 335 g/mol. The van der Waals surface area contributed by atoms with E-state index < -0.39 is 0 Å². The summed E-state index contributed by atoms with van der Waals surface area (Å²) in [7, 11) is 1.73. The standard InChI is InChI=1S/C17H25N3O2S/c1-21-9-7-20-6-5-18-17(20)13-19(11-15-4-10-23-14-15)12-16-3-2-8-22-16/h4-6,10,14,16H,2-3,7-9,11-13H2,1H3. The van der Waals surface area contributed by atoms with Crippen molar-refractivity contribution in [3.05, 3.63) is 40.6 Å². The van der Waals surface area contributed by atoms with E-state index in [9.17, 15) is 0 Å². The van der Waals surface area contributed by atoms with Crippen LogP contribution in [0.2, 0.25) is 0 Å². The first-order valence-electron chi connectivity index (χ1n) is 8.19. The van der Waals surface area contributed by atoms with Gasteiger partial charge in [0, 0.05) is 45.7 Å². The molecule has 126 valence electrons. The van der Waals surface area contributed by atoms with Crippen molar-refractivity contribution in [3.63, 3.8) is 0 Å². The van der Waals surface area contributed by atoms with Crippen LogP contribution in [0.25, 0.3) is 0 Å². The van der Waals surface area contributed by atoms with E-state index in [0.717, 1.165) is 45.0 Å².